The van der Waals surface area contributed by atoms with Crippen LogP contribution in [-0.2, 0) is 19.6 Å². The molecule has 0 radical (unpaired) electrons. The lowest BCUT2D eigenvalue weighted by Crippen LogP contribution is -2.50. The van der Waals surface area contributed by atoms with Crippen LogP contribution in [0.5, 0.6) is 0 Å². The number of sulfonamides is 1. The molecule has 0 spiro atoms. The summed E-state index contributed by atoms with van der Waals surface area (Å²) in [5.41, 5.74) is 0. The molecule has 2 N–H and O–H groups in total. The zero-order chi connectivity index (χ0) is 20.9. The van der Waals surface area contributed by atoms with Crippen LogP contribution in [0.3, 0.4) is 0 Å². The molecule has 1 amide bonds. The first-order valence-corrected chi connectivity index (χ1v) is 11.4. The first-order chi connectivity index (χ1) is 13.9. The quantitative estimate of drug-likeness (QED) is 0.751. The number of amides is 1. The third-order valence-electron chi connectivity index (χ3n) is 5.17. The van der Waals surface area contributed by atoms with Gasteiger partial charge in [-0.25, -0.2) is 8.42 Å². The predicted molar refractivity (Wildman–Crippen MR) is 110 cm³/mol. The van der Waals surface area contributed by atoms with Gasteiger partial charge in [-0.1, -0.05) is 49.6 Å². The second-order valence-corrected chi connectivity index (χ2v) is 9.09. The van der Waals surface area contributed by atoms with E-state index in [9.17, 15) is 23.1 Å². The number of carbonyl (C=O) groups excluding carboxylic acids is 1. The van der Waals surface area contributed by atoms with Gasteiger partial charge in [0.15, 0.2) is 0 Å². The number of hydrogen-bond acceptors (Lipinski definition) is 4. The Morgan fingerprint density at radius 1 is 0.966 bits per heavy atom. The van der Waals surface area contributed by atoms with Crippen molar-refractivity contribution >= 4 is 32.7 Å². The number of benzene rings is 2. The van der Waals surface area contributed by atoms with Crippen LogP contribution in [0.1, 0.15) is 38.5 Å². The monoisotopic (exact) mass is 418 g/mol. The zero-order valence-electron chi connectivity index (χ0n) is 16.2. The minimum absolute atomic E-state index is 0.00653. The topological polar surface area (TPSA) is 104 Å². The van der Waals surface area contributed by atoms with Gasteiger partial charge in [0.2, 0.25) is 15.9 Å². The molecule has 1 fully saturated rings. The summed E-state index contributed by atoms with van der Waals surface area (Å²) in [5, 5.41) is 10.9. The van der Waals surface area contributed by atoms with Crippen LogP contribution in [0.4, 0.5) is 0 Å². The highest BCUT2D eigenvalue weighted by Gasteiger charge is 2.31. The standard InChI is InChI=1S/C21H26N2O5S/c24-20(25)15-19(21(26)23-12-6-2-1-3-7-13-23)22-29(27,28)18-11-10-16-8-4-5-9-17(16)14-18/h4-5,8-11,14,19,22H,1-3,6-7,12-13,15H2,(H,24,25)/t19-/m0/s1. The fourth-order valence-corrected chi connectivity index (χ4v) is 4.86. The molecule has 0 unspecified atom stereocenters. The number of hydrogen-bond donors (Lipinski definition) is 2. The fourth-order valence-electron chi connectivity index (χ4n) is 3.63. The Hall–Kier alpha value is -2.45. The van der Waals surface area contributed by atoms with E-state index < -0.39 is 34.4 Å². The molecular weight excluding hydrogens is 392 g/mol. The van der Waals surface area contributed by atoms with Gasteiger partial charge >= 0.3 is 5.97 Å². The Kier molecular flexibility index (Phi) is 6.87. The molecule has 1 aliphatic rings. The van der Waals surface area contributed by atoms with E-state index in [1.807, 2.05) is 18.2 Å². The maximum Gasteiger partial charge on any atom is 0.305 e. The number of nitrogens with one attached hydrogen (secondary N) is 1. The second kappa shape index (κ2) is 9.37. The number of aliphatic carboxylic acids is 1. The van der Waals surface area contributed by atoms with Crippen molar-refractivity contribution in [2.45, 2.75) is 49.5 Å². The maximum atomic E-state index is 13.0. The van der Waals surface area contributed by atoms with E-state index in [0.717, 1.165) is 42.9 Å². The number of carboxylic acids is 1. The number of fused-ring (bicyclic) bond motifs is 1. The summed E-state index contributed by atoms with van der Waals surface area (Å²) in [6.45, 7) is 1.04. The molecule has 1 heterocycles. The van der Waals surface area contributed by atoms with Crippen molar-refractivity contribution in [3.8, 4) is 0 Å². The van der Waals surface area contributed by atoms with Crippen LogP contribution >= 0.6 is 0 Å². The largest absolute Gasteiger partial charge is 0.481 e. The summed E-state index contributed by atoms with van der Waals surface area (Å²) in [6, 6.07) is 10.7. The average Bonchev–Trinajstić information content (AvgIpc) is 2.66. The molecule has 0 bridgehead atoms. The van der Waals surface area contributed by atoms with Crippen molar-refractivity contribution < 1.29 is 23.1 Å². The third-order valence-corrected chi connectivity index (χ3v) is 6.64. The molecule has 156 valence electrons. The smallest absolute Gasteiger partial charge is 0.305 e. The summed E-state index contributed by atoms with van der Waals surface area (Å²) >= 11 is 0. The van der Waals surface area contributed by atoms with Gasteiger partial charge in [-0.05, 0) is 35.7 Å². The Labute approximate surface area is 170 Å². The highest BCUT2D eigenvalue weighted by molar-refractivity contribution is 7.89. The number of nitrogens with zero attached hydrogens (tertiary/aromatic N) is 1. The molecule has 3 rings (SSSR count). The molecule has 2 aromatic rings. The van der Waals surface area contributed by atoms with E-state index in [1.165, 1.54) is 12.1 Å². The van der Waals surface area contributed by atoms with Gasteiger partial charge in [0.05, 0.1) is 11.3 Å². The van der Waals surface area contributed by atoms with Crippen molar-refractivity contribution in [3.05, 3.63) is 42.5 Å². The molecule has 0 aromatic heterocycles. The molecule has 0 aliphatic carbocycles. The Balaban J connectivity index is 1.83. The lowest BCUT2D eigenvalue weighted by molar-refractivity contribution is -0.142. The van der Waals surface area contributed by atoms with Gasteiger partial charge in [0.1, 0.15) is 6.04 Å². The Bertz CT molecular complexity index is 981. The summed E-state index contributed by atoms with van der Waals surface area (Å²) in [7, 11) is -4.06. The minimum atomic E-state index is -4.06. The van der Waals surface area contributed by atoms with Gasteiger partial charge in [0, 0.05) is 13.1 Å². The molecule has 1 saturated heterocycles. The van der Waals surface area contributed by atoms with Gasteiger partial charge in [0.25, 0.3) is 0 Å². The maximum absolute atomic E-state index is 13.0. The van der Waals surface area contributed by atoms with Crippen LogP contribution in [0, 0.1) is 0 Å². The molecule has 0 saturated carbocycles. The van der Waals surface area contributed by atoms with Gasteiger partial charge in [-0.2, -0.15) is 4.72 Å². The molecule has 1 atom stereocenters. The highest BCUT2D eigenvalue weighted by Crippen LogP contribution is 2.20. The van der Waals surface area contributed by atoms with Gasteiger partial charge in [-0.3, -0.25) is 9.59 Å². The molecule has 29 heavy (non-hydrogen) atoms. The zero-order valence-corrected chi connectivity index (χ0v) is 17.0. The van der Waals surface area contributed by atoms with Crippen LogP contribution in [0.15, 0.2) is 47.4 Å². The molecule has 8 heteroatoms. The van der Waals surface area contributed by atoms with Crippen molar-refractivity contribution in [1.82, 2.24) is 9.62 Å². The van der Waals surface area contributed by atoms with Crippen LogP contribution in [0.2, 0.25) is 0 Å². The average molecular weight is 419 g/mol. The lowest BCUT2D eigenvalue weighted by atomic mass is 10.1. The number of carbonyl (C=O) groups is 2. The van der Waals surface area contributed by atoms with Crippen molar-refractivity contribution in [2.75, 3.05) is 13.1 Å². The fraction of sp³-hybridized carbons (Fsp3) is 0.429. The normalized spacial score (nSPS) is 16.8. The van der Waals surface area contributed by atoms with Crippen LogP contribution in [-0.4, -0.2) is 49.4 Å². The Morgan fingerprint density at radius 3 is 2.24 bits per heavy atom. The molecule has 2 aromatic carbocycles. The lowest BCUT2D eigenvalue weighted by Gasteiger charge is -2.28. The predicted octanol–water partition coefficient (Wildman–Crippen LogP) is 2.75. The van der Waals surface area contributed by atoms with Crippen LogP contribution < -0.4 is 4.72 Å². The van der Waals surface area contributed by atoms with E-state index in [2.05, 4.69) is 4.72 Å². The van der Waals surface area contributed by atoms with E-state index in [1.54, 1.807) is 17.0 Å². The molecule has 1 aliphatic heterocycles. The summed E-state index contributed by atoms with van der Waals surface area (Å²) in [4.78, 5) is 25.9. The van der Waals surface area contributed by atoms with Gasteiger partial charge in [-0.15, -0.1) is 0 Å². The van der Waals surface area contributed by atoms with E-state index in [0.29, 0.717) is 13.1 Å². The molecular formula is C21H26N2O5S. The van der Waals surface area contributed by atoms with Crippen molar-refractivity contribution in [1.29, 1.82) is 0 Å². The van der Waals surface area contributed by atoms with Crippen molar-refractivity contribution in [3.63, 3.8) is 0 Å². The minimum Gasteiger partial charge on any atom is -0.481 e. The third kappa shape index (κ3) is 5.55. The van der Waals surface area contributed by atoms with Crippen molar-refractivity contribution in [2.24, 2.45) is 0 Å². The highest BCUT2D eigenvalue weighted by atomic mass is 32.2. The van der Waals surface area contributed by atoms with E-state index in [-0.39, 0.29) is 4.90 Å². The first kappa shape index (κ1) is 21.3. The van der Waals surface area contributed by atoms with Crippen LogP contribution in [0.25, 0.3) is 10.8 Å². The SMILES string of the molecule is O=C(O)C[C@H](NS(=O)(=O)c1ccc2ccccc2c1)C(=O)N1CCCCCCC1. The van der Waals surface area contributed by atoms with Gasteiger partial charge < -0.3 is 10.0 Å². The van der Waals surface area contributed by atoms with E-state index in [4.69, 9.17) is 0 Å². The number of rotatable bonds is 6. The van der Waals surface area contributed by atoms with E-state index >= 15 is 0 Å². The summed E-state index contributed by atoms with van der Waals surface area (Å²) in [6.07, 6.45) is 4.22. The number of carboxylic acid groups (broad SMARTS) is 1. The molecule has 7 nitrogen and oxygen atoms in total. The Morgan fingerprint density at radius 2 is 1.59 bits per heavy atom. The number of likely N-dealkylation sites (tertiary alicyclic amines) is 1. The summed E-state index contributed by atoms with van der Waals surface area (Å²) < 4.78 is 28.1. The first-order valence-electron chi connectivity index (χ1n) is 9.88. The second-order valence-electron chi connectivity index (χ2n) is 7.37. The summed E-state index contributed by atoms with van der Waals surface area (Å²) in [5.74, 6) is -1.70.